The van der Waals surface area contributed by atoms with Crippen LogP contribution in [0.5, 0.6) is 0 Å². The van der Waals surface area contributed by atoms with Gasteiger partial charge in [0.15, 0.2) is 0 Å². The molecule has 21 heavy (non-hydrogen) atoms. The molecule has 0 saturated heterocycles. The maximum atomic E-state index is 14.7. The second kappa shape index (κ2) is 5.40. The fraction of sp³-hybridized carbons (Fsp3) is 0.278. The molecule has 0 N–H and O–H groups in total. The zero-order valence-corrected chi connectivity index (χ0v) is 11.6. The molecule has 0 aromatic heterocycles. The monoisotopic (exact) mass is 286 g/mol. The van der Waals surface area contributed by atoms with E-state index in [2.05, 4.69) is 0 Å². The molecular weight excluding hydrogens is 270 g/mol. The molecule has 108 valence electrons. The highest BCUT2D eigenvalue weighted by molar-refractivity contribution is 6.02. The summed E-state index contributed by atoms with van der Waals surface area (Å²) in [5, 5.41) is 0. The lowest BCUT2D eigenvalue weighted by Gasteiger charge is -2.31. The SMILES string of the molecule is O=C(c1ccccc1)C(F)(F)C1CCCc2ccccc21. The largest absolute Gasteiger partial charge is 0.316 e. The van der Waals surface area contributed by atoms with Gasteiger partial charge in [0, 0.05) is 5.56 Å². The Kier molecular flexibility index (Phi) is 3.58. The Balaban J connectivity index is 1.98. The Bertz CT molecular complexity index is 649. The first-order chi connectivity index (χ1) is 10.1. The molecule has 2 aromatic carbocycles. The van der Waals surface area contributed by atoms with Crippen LogP contribution in [0.1, 0.15) is 40.2 Å². The van der Waals surface area contributed by atoms with Gasteiger partial charge in [-0.15, -0.1) is 0 Å². The van der Waals surface area contributed by atoms with Crippen molar-refractivity contribution in [3.63, 3.8) is 0 Å². The summed E-state index contributed by atoms with van der Waals surface area (Å²) in [6.45, 7) is 0. The highest BCUT2D eigenvalue weighted by Gasteiger charge is 2.48. The first-order valence-corrected chi connectivity index (χ1v) is 7.16. The van der Waals surface area contributed by atoms with Crippen LogP contribution in [0.3, 0.4) is 0 Å². The third kappa shape index (κ3) is 2.48. The van der Waals surface area contributed by atoms with E-state index in [-0.39, 0.29) is 5.56 Å². The summed E-state index contributed by atoms with van der Waals surface area (Å²) in [6, 6.07) is 15.1. The topological polar surface area (TPSA) is 17.1 Å². The average molecular weight is 286 g/mol. The molecule has 1 atom stereocenters. The van der Waals surface area contributed by atoms with Gasteiger partial charge in [0.05, 0.1) is 5.92 Å². The van der Waals surface area contributed by atoms with Gasteiger partial charge in [0.25, 0.3) is 0 Å². The van der Waals surface area contributed by atoms with Crippen LogP contribution in [0.2, 0.25) is 0 Å². The van der Waals surface area contributed by atoms with E-state index in [4.69, 9.17) is 0 Å². The number of ketones is 1. The van der Waals surface area contributed by atoms with Crippen LogP contribution >= 0.6 is 0 Å². The van der Waals surface area contributed by atoms with Gasteiger partial charge in [-0.1, -0.05) is 54.6 Å². The van der Waals surface area contributed by atoms with Crippen LogP contribution in [0.15, 0.2) is 54.6 Å². The Morgan fingerprint density at radius 2 is 1.67 bits per heavy atom. The third-order valence-electron chi connectivity index (χ3n) is 4.15. The van der Waals surface area contributed by atoms with E-state index in [1.54, 1.807) is 30.3 Å². The van der Waals surface area contributed by atoms with Gasteiger partial charge in [-0.05, 0) is 30.4 Å². The molecule has 1 nitrogen and oxygen atoms in total. The van der Waals surface area contributed by atoms with Crippen LogP contribution in [0.25, 0.3) is 0 Å². The van der Waals surface area contributed by atoms with Crippen molar-refractivity contribution in [3.8, 4) is 0 Å². The molecule has 0 amide bonds. The van der Waals surface area contributed by atoms with Crippen molar-refractivity contribution in [2.24, 2.45) is 0 Å². The summed E-state index contributed by atoms with van der Waals surface area (Å²) < 4.78 is 29.4. The molecule has 3 rings (SSSR count). The predicted molar refractivity (Wildman–Crippen MR) is 77.8 cm³/mol. The number of carbonyl (C=O) groups excluding carboxylic acids is 1. The second-order valence-corrected chi connectivity index (χ2v) is 5.46. The highest BCUT2D eigenvalue weighted by Crippen LogP contribution is 2.43. The molecule has 0 bridgehead atoms. The number of fused-ring (bicyclic) bond motifs is 1. The van der Waals surface area contributed by atoms with E-state index in [1.165, 1.54) is 12.1 Å². The van der Waals surface area contributed by atoms with Gasteiger partial charge in [-0.3, -0.25) is 4.79 Å². The van der Waals surface area contributed by atoms with Gasteiger partial charge in [-0.2, -0.15) is 8.78 Å². The number of aryl methyl sites for hydroxylation is 1. The number of hydrogen-bond donors (Lipinski definition) is 0. The normalized spacial score (nSPS) is 18.1. The third-order valence-corrected chi connectivity index (χ3v) is 4.15. The summed E-state index contributed by atoms with van der Waals surface area (Å²) in [6.07, 6.45) is 1.85. The van der Waals surface area contributed by atoms with Gasteiger partial charge in [0.1, 0.15) is 0 Å². The minimum atomic E-state index is -3.36. The fourth-order valence-electron chi connectivity index (χ4n) is 3.07. The number of Topliss-reactive ketones (excluding diaryl/α,β-unsaturated/α-hetero) is 1. The number of benzene rings is 2. The van der Waals surface area contributed by atoms with Crippen molar-refractivity contribution in [2.45, 2.75) is 31.1 Å². The summed E-state index contributed by atoms with van der Waals surface area (Å²) in [7, 11) is 0. The van der Waals surface area contributed by atoms with Crippen molar-refractivity contribution in [1.29, 1.82) is 0 Å². The molecule has 0 fully saturated rings. The standard InChI is InChI=1S/C18H16F2O/c19-18(20,17(21)14-8-2-1-3-9-14)16-12-6-10-13-7-4-5-11-15(13)16/h1-5,7-9,11,16H,6,10,12H2. The van der Waals surface area contributed by atoms with E-state index in [0.717, 1.165) is 12.0 Å². The van der Waals surface area contributed by atoms with Crippen molar-refractivity contribution >= 4 is 5.78 Å². The van der Waals surface area contributed by atoms with Crippen LogP contribution in [0, 0.1) is 0 Å². The van der Waals surface area contributed by atoms with Gasteiger partial charge >= 0.3 is 5.92 Å². The number of carbonyl (C=O) groups is 1. The van der Waals surface area contributed by atoms with Gasteiger partial charge in [-0.25, -0.2) is 0 Å². The molecule has 3 heteroatoms. The van der Waals surface area contributed by atoms with E-state index >= 15 is 0 Å². The molecule has 1 aliphatic rings. The Hall–Kier alpha value is -2.03. The molecule has 1 aliphatic carbocycles. The summed E-state index contributed by atoms with van der Waals surface area (Å²) in [5.41, 5.74) is 1.64. The Morgan fingerprint density at radius 3 is 2.43 bits per heavy atom. The zero-order chi connectivity index (χ0) is 14.9. The average Bonchev–Trinajstić information content (AvgIpc) is 2.54. The lowest BCUT2D eigenvalue weighted by molar-refractivity contribution is -0.0121. The number of halogens is 2. The van der Waals surface area contributed by atoms with E-state index < -0.39 is 17.6 Å². The van der Waals surface area contributed by atoms with Crippen molar-refractivity contribution in [3.05, 3.63) is 71.3 Å². The Labute approximate surface area is 122 Å². The molecule has 0 aliphatic heterocycles. The molecular formula is C18H16F2O. The molecule has 0 saturated carbocycles. The van der Waals surface area contributed by atoms with E-state index in [9.17, 15) is 13.6 Å². The first-order valence-electron chi connectivity index (χ1n) is 7.16. The number of rotatable bonds is 3. The van der Waals surface area contributed by atoms with Gasteiger partial charge < -0.3 is 0 Å². The summed E-state index contributed by atoms with van der Waals surface area (Å²) in [4.78, 5) is 12.2. The molecule has 2 aromatic rings. The lowest BCUT2D eigenvalue weighted by Crippen LogP contribution is -2.37. The summed E-state index contributed by atoms with van der Waals surface area (Å²) >= 11 is 0. The van der Waals surface area contributed by atoms with Crippen LogP contribution in [-0.2, 0) is 6.42 Å². The van der Waals surface area contributed by atoms with Crippen LogP contribution in [-0.4, -0.2) is 11.7 Å². The van der Waals surface area contributed by atoms with E-state index in [0.29, 0.717) is 18.4 Å². The molecule has 1 unspecified atom stereocenters. The van der Waals surface area contributed by atoms with Crippen LogP contribution < -0.4 is 0 Å². The minimum absolute atomic E-state index is 0.0746. The minimum Gasteiger partial charge on any atom is -0.287 e. The van der Waals surface area contributed by atoms with Crippen molar-refractivity contribution in [2.75, 3.05) is 0 Å². The smallest absolute Gasteiger partial charge is 0.287 e. The fourth-order valence-corrected chi connectivity index (χ4v) is 3.07. The highest BCUT2D eigenvalue weighted by atomic mass is 19.3. The number of alkyl halides is 2. The Morgan fingerprint density at radius 1 is 1.00 bits per heavy atom. The predicted octanol–water partition coefficient (Wildman–Crippen LogP) is 4.62. The maximum absolute atomic E-state index is 14.7. The van der Waals surface area contributed by atoms with Crippen LogP contribution in [0.4, 0.5) is 8.78 Å². The number of hydrogen-bond acceptors (Lipinski definition) is 1. The zero-order valence-electron chi connectivity index (χ0n) is 11.6. The quantitative estimate of drug-likeness (QED) is 0.752. The second-order valence-electron chi connectivity index (χ2n) is 5.46. The first kappa shape index (κ1) is 13.9. The lowest BCUT2D eigenvalue weighted by atomic mass is 9.77. The van der Waals surface area contributed by atoms with Crippen molar-refractivity contribution < 1.29 is 13.6 Å². The molecule has 0 spiro atoms. The molecule has 0 heterocycles. The van der Waals surface area contributed by atoms with Gasteiger partial charge in [0.2, 0.25) is 5.78 Å². The van der Waals surface area contributed by atoms with E-state index in [1.807, 2.05) is 12.1 Å². The summed E-state index contributed by atoms with van der Waals surface area (Å²) in [5.74, 6) is -5.46. The maximum Gasteiger partial charge on any atom is 0.316 e. The van der Waals surface area contributed by atoms with Crippen molar-refractivity contribution in [1.82, 2.24) is 0 Å². The molecule has 0 radical (unpaired) electrons.